The number of nitrogens with one attached hydrogen (secondary N) is 2. The topological polar surface area (TPSA) is 99.8 Å². The number of para-hydroxylation sites is 1. The Balaban J connectivity index is 1.22. The molecule has 1 fully saturated rings. The first-order chi connectivity index (χ1) is 20.1. The lowest BCUT2D eigenvalue weighted by atomic mass is 9.73. The molecule has 0 saturated carbocycles. The van der Waals surface area contributed by atoms with Gasteiger partial charge in [0.05, 0.1) is 19.5 Å². The van der Waals surface area contributed by atoms with Crippen molar-refractivity contribution in [1.29, 1.82) is 0 Å². The van der Waals surface area contributed by atoms with Crippen LogP contribution in [-0.4, -0.2) is 77.5 Å². The van der Waals surface area contributed by atoms with Crippen LogP contribution in [0.2, 0.25) is 0 Å². The van der Waals surface area contributed by atoms with E-state index in [1.165, 1.54) is 0 Å². The molecule has 9 heteroatoms. The van der Waals surface area contributed by atoms with Gasteiger partial charge in [-0.2, -0.15) is 0 Å². The lowest BCUT2D eigenvalue weighted by Crippen LogP contribution is -2.48. The van der Waals surface area contributed by atoms with Gasteiger partial charge in [0.25, 0.3) is 0 Å². The average Bonchev–Trinajstić information content (AvgIpc) is 3.65. The minimum Gasteiger partial charge on any atom is -0.490 e. The summed E-state index contributed by atoms with van der Waals surface area (Å²) in [5.41, 5.74) is 2.66. The van der Waals surface area contributed by atoms with Crippen molar-refractivity contribution in [2.45, 2.75) is 31.7 Å². The quantitative estimate of drug-likeness (QED) is 0.478. The summed E-state index contributed by atoms with van der Waals surface area (Å²) in [4.78, 5) is 37.9. The van der Waals surface area contributed by atoms with Gasteiger partial charge in [-0.1, -0.05) is 42.5 Å². The van der Waals surface area contributed by atoms with Crippen molar-refractivity contribution in [2.75, 3.05) is 45.9 Å². The zero-order valence-electron chi connectivity index (χ0n) is 23.3. The maximum atomic E-state index is 13.3. The van der Waals surface area contributed by atoms with Crippen LogP contribution in [0.5, 0.6) is 11.5 Å². The van der Waals surface area contributed by atoms with Crippen molar-refractivity contribution >= 4 is 17.9 Å². The first kappa shape index (κ1) is 27.1. The summed E-state index contributed by atoms with van der Waals surface area (Å²) in [5, 5.41) is 3.20. The Hall–Kier alpha value is -4.11. The van der Waals surface area contributed by atoms with Gasteiger partial charge in [0.15, 0.2) is 11.5 Å². The Kier molecular flexibility index (Phi) is 8.04. The molecule has 0 radical (unpaired) electrons. The molecule has 1 saturated heterocycles. The molecule has 7 rings (SSSR count). The molecule has 1 spiro atoms. The highest BCUT2D eigenvalue weighted by Crippen LogP contribution is 2.52. The monoisotopic (exact) mass is 555 g/mol. The van der Waals surface area contributed by atoms with Gasteiger partial charge in [-0.25, -0.2) is 4.98 Å². The van der Waals surface area contributed by atoms with Crippen molar-refractivity contribution in [3.8, 4) is 11.5 Å². The predicted molar refractivity (Wildman–Crippen MR) is 155 cm³/mol. The fourth-order valence-corrected chi connectivity index (χ4v) is 6.25. The van der Waals surface area contributed by atoms with Crippen LogP contribution in [-0.2, 0) is 16.1 Å². The summed E-state index contributed by atoms with van der Waals surface area (Å²) >= 11 is 0. The number of H-pyrrole nitrogens is 1. The van der Waals surface area contributed by atoms with Crippen molar-refractivity contribution in [1.82, 2.24) is 25.1 Å². The normalized spacial score (nSPS) is 23.6. The van der Waals surface area contributed by atoms with Crippen molar-refractivity contribution in [2.24, 2.45) is 5.41 Å². The third-order valence-corrected chi connectivity index (χ3v) is 8.41. The number of hydrogen-bond acceptors (Lipinski definition) is 6. The standard InChI is InChI=1S/C32H37N5O4/c38-29-11-5-14-36(18-25-17-33-23-35-25)15-6-16-40-28-10-4-9-26-27-19-37(21-32(27,20-34-29)22-41-31(26)28)30(39)13-12-24-7-2-1-3-8-24/h1-4,7-10,12-13,17,23,27H,5-6,11,14-16,18-22H2,(H,33,35)(H,34,38)/t27-,32+/m0/s1. The number of nitrogens with zero attached hydrogens (tertiary/aromatic N) is 3. The van der Waals surface area contributed by atoms with E-state index in [4.69, 9.17) is 9.47 Å². The number of rotatable bonds is 4. The lowest BCUT2D eigenvalue weighted by molar-refractivity contribution is -0.125. The Labute approximate surface area is 240 Å². The van der Waals surface area contributed by atoms with Crippen LogP contribution in [0, 0.1) is 5.41 Å². The Morgan fingerprint density at radius 2 is 1.98 bits per heavy atom. The van der Waals surface area contributed by atoms with Gasteiger partial charge in [-0.3, -0.25) is 14.5 Å². The van der Waals surface area contributed by atoms with E-state index in [2.05, 4.69) is 26.3 Å². The largest absolute Gasteiger partial charge is 0.490 e. The molecule has 5 heterocycles. The zero-order valence-corrected chi connectivity index (χ0v) is 23.3. The molecule has 41 heavy (non-hydrogen) atoms. The summed E-state index contributed by atoms with van der Waals surface area (Å²) in [6, 6.07) is 15.9. The molecule has 2 N–H and O–H groups in total. The Morgan fingerprint density at radius 1 is 1.10 bits per heavy atom. The molecule has 4 bridgehead atoms. The first-order valence-corrected chi connectivity index (χ1v) is 14.5. The molecule has 1 aromatic heterocycles. The number of aromatic nitrogens is 2. The summed E-state index contributed by atoms with van der Waals surface area (Å²) in [6.07, 6.45) is 9.07. The van der Waals surface area contributed by atoms with Gasteiger partial charge in [0.2, 0.25) is 11.8 Å². The Bertz CT molecular complexity index is 1380. The fraction of sp³-hybridized carbons (Fsp3) is 0.406. The van der Waals surface area contributed by atoms with Crippen LogP contribution < -0.4 is 14.8 Å². The molecule has 214 valence electrons. The third-order valence-electron chi connectivity index (χ3n) is 8.41. The molecule has 2 atom stereocenters. The third kappa shape index (κ3) is 6.15. The number of benzene rings is 2. The van der Waals surface area contributed by atoms with E-state index in [0.29, 0.717) is 39.3 Å². The highest BCUT2D eigenvalue weighted by Gasteiger charge is 2.52. The molecule has 0 aliphatic carbocycles. The van der Waals surface area contributed by atoms with E-state index < -0.39 is 5.41 Å². The molecular weight excluding hydrogens is 518 g/mol. The van der Waals surface area contributed by atoms with Crippen LogP contribution in [0.1, 0.15) is 42.0 Å². The molecule has 4 aliphatic heterocycles. The summed E-state index contributed by atoms with van der Waals surface area (Å²) in [7, 11) is 0. The minimum absolute atomic E-state index is 0.0296. The number of hydrogen-bond donors (Lipinski definition) is 2. The highest BCUT2D eigenvalue weighted by molar-refractivity contribution is 5.92. The maximum Gasteiger partial charge on any atom is 0.246 e. The average molecular weight is 556 g/mol. The number of ether oxygens (including phenoxy) is 2. The van der Waals surface area contributed by atoms with Gasteiger partial charge < -0.3 is 24.7 Å². The van der Waals surface area contributed by atoms with Crippen molar-refractivity contribution in [3.05, 3.63) is 84.0 Å². The predicted octanol–water partition coefficient (Wildman–Crippen LogP) is 3.61. The Morgan fingerprint density at radius 3 is 2.83 bits per heavy atom. The van der Waals surface area contributed by atoms with Gasteiger partial charge in [0, 0.05) is 74.0 Å². The number of fused-ring (bicyclic) bond motifs is 11. The smallest absolute Gasteiger partial charge is 0.246 e. The molecule has 0 unspecified atom stereocenters. The fourth-order valence-electron chi connectivity index (χ4n) is 6.25. The summed E-state index contributed by atoms with van der Waals surface area (Å²) < 4.78 is 12.7. The summed E-state index contributed by atoms with van der Waals surface area (Å²) in [6.45, 7) is 4.90. The zero-order chi connectivity index (χ0) is 28.1. The lowest BCUT2D eigenvalue weighted by Gasteiger charge is -2.39. The summed E-state index contributed by atoms with van der Waals surface area (Å²) in [5.74, 6) is 1.52. The first-order valence-electron chi connectivity index (χ1n) is 14.5. The number of aromatic amines is 1. The molecule has 2 amide bonds. The molecule has 9 nitrogen and oxygen atoms in total. The van der Waals surface area contributed by atoms with Crippen LogP contribution in [0.4, 0.5) is 0 Å². The molecule has 2 aromatic carbocycles. The van der Waals surface area contributed by atoms with E-state index in [9.17, 15) is 9.59 Å². The van der Waals surface area contributed by atoms with Crippen LogP contribution in [0.25, 0.3) is 6.08 Å². The SMILES string of the molecule is O=C1CCCN(Cc2cnc[nH]2)CCCOc2cccc3c2OC[C@@]2(CN1)CN(C(=O)C=Cc1ccccc1)C[C@@H]32. The van der Waals surface area contributed by atoms with Crippen molar-refractivity contribution < 1.29 is 19.1 Å². The van der Waals surface area contributed by atoms with Gasteiger partial charge >= 0.3 is 0 Å². The minimum atomic E-state index is -0.415. The van der Waals surface area contributed by atoms with Gasteiger partial charge in [-0.15, -0.1) is 0 Å². The van der Waals surface area contributed by atoms with E-state index in [1.54, 1.807) is 12.4 Å². The number of likely N-dealkylation sites (tertiary alicyclic amines) is 1. The molecule has 3 aromatic rings. The number of carbonyl (C=O) groups is 2. The van der Waals surface area contributed by atoms with E-state index in [1.807, 2.05) is 59.6 Å². The highest BCUT2D eigenvalue weighted by atomic mass is 16.5. The number of amides is 2. The second-order valence-electron chi connectivity index (χ2n) is 11.3. The van der Waals surface area contributed by atoms with E-state index in [0.717, 1.165) is 60.8 Å². The van der Waals surface area contributed by atoms with E-state index >= 15 is 0 Å². The number of imidazole rings is 1. The van der Waals surface area contributed by atoms with Crippen LogP contribution >= 0.6 is 0 Å². The van der Waals surface area contributed by atoms with Crippen molar-refractivity contribution in [3.63, 3.8) is 0 Å². The van der Waals surface area contributed by atoms with Gasteiger partial charge in [-0.05, 0) is 37.1 Å². The maximum absolute atomic E-state index is 13.3. The van der Waals surface area contributed by atoms with Crippen LogP contribution in [0.15, 0.2) is 67.1 Å². The number of carbonyl (C=O) groups excluding carboxylic acids is 2. The van der Waals surface area contributed by atoms with Crippen LogP contribution in [0.3, 0.4) is 0 Å². The van der Waals surface area contributed by atoms with E-state index in [-0.39, 0.29) is 17.7 Å². The van der Waals surface area contributed by atoms with Gasteiger partial charge in [0.1, 0.15) is 0 Å². The molecular formula is C32H37N5O4. The second kappa shape index (κ2) is 12.2. The second-order valence-corrected chi connectivity index (χ2v) is 11.3. The molecule has 4 aliphatic rings.